The minimum Gasteiger partial charge on any atom is -0.480 e. The molecule has 10 N–H and O–H groups in total. The van der Waals surface area contributed by atoms with E-state index in [1.807, 2.05) is 24.3 Å². The topological polar surface area (TPSA) is 230 Å². The van der Waals surface area contributed by atoms with E-state index < -0.39 is 66.8 Å². The first-order valence-electron chi connectivity index (χ1n) is 10.4. The monoisotopic (exact) mass is 476 g/mol. The van der Waals surface area contributed by atoms with Crippen LogP contribution >= 0.6 is 0 Å². The number of aliphatic carboxylic acids is 1. The number of aliphatic hydroxyl groups excluding tert-OH is 1. The first-order chi connectivity index (χ1) is 16.0. The maximum Gasteiger partial charge on any atom is 0.326 e. The van der Waals surface area contributed by atoms with E-state index >= 15 is 0 Å². The van der Waals surface area contributed by atoms with E-state index in [0.29, 0.717) is 5.56 Å². The van der Waals surface area contributed by atoms with E-state index in [-0.39, 0.29) is 6.42 Å². The first kappa shape index (κ1) is 26.3. The maximum absolute atomic E-state index is 12.8. The summed E-state index contributed by atoms with van der Waals surface area (Å²) in [6, 6.07) is 3.32. The average molecular weight is 476 g/mol. The second-order valence-corrected chi connectivity index (χ2v) is 7.74. The largest absolute Gasteiger partial charge is 0.480 e. The predicted molar refractivity (Wildman–Crippen MR) is 120 cm³/mol. The summed E-state index contributed by atoms with van der Waals surface area (Å²) in [6.07, 6.45) is -0.0684. The van der Waals surface area contributed by atoms with Gasteiger partial charge in [-0.1, -0.05) is 18.2 Å². The number of para-hydroxylation sites is 1. The van der Waals surface area contributed by atoms with Crippen molar-refractivity contribution in [3.05, 3.63) is 36.0 Å². The Balaban J connectivity index is 2.12. The highest BCUT2D eigenvalue weighted by atomic mass is 16.4. The van der Waals surface area contributed by atoms with Gasteiger partial charge in [-0.2, -0.15) is 0 Å². The van der Waals surface area contributed by atoms with Gasteiger partial charge in [-0.15, -0.1) is 0 Å². The molecule has 0 aliphatic rings. The van der Waals surface area contributed by atoms with Crippen molar-refractivity contribution in [2.45, 2.75) is 44.0 Å². The summed E-state index contributed by atoms with van der Waals surface area (Å²) >= 11 is 0. The number of primary amides is 1. The number of carboxylic acid groups (broad SMARTS) is 1. The summed E-state index contributed by atoms with van der Waals surface area (Å²) < 4.78 is 0. The molecule has 0 saturated carbocycles. The fourth-order valence-corrected chi connectivity index (χ4v) is 3.15. The van der Waals surface area contributed by atoms with Gasteiger partial charge in [-0.05, 0) is 18.6 Å². The number of amides is 4. The van der Waals surface area contributed by atoms with Crippen LogP contribution in [0.3, 0.4) is 0 Å². The summed E-state index contributed by atoms with van der Waals surface area (Å²) in [5.41, 5.74) is 12.2. The Kier molecular flexibility index (Phi) is 9.10. The van der Waals surface area contributed by atoms with Crippen LogP contribution in [0.2, 0.25) is 0 Å². The third-order valence-electron chi connectivity index (χ3n) is 5.02. The quantitative estimate of drug-likeness (QED) is 0.162. The molecule has 0 radical (unpaired) electrons. The Morgan fingerprint density at radius 3 is 2.35 bits per heavy atom. The van der Waals surface area contributed by atoms with E-state index in [1.54, 1.807) is 6.20 Å². The van der Waals surface area contributed by atoms with Crippen LogP contribution in [0.25, 0.3) is 10.9 Å². The van der Waals surface area contributed by atoms with Crippen LogP contribution in [0, 0.1) is 0 Å². The molecule has 13 nitrogen and oxygen atoms in total. The molecule has 2 rings (SSSR count). The molecule has 2 aromatic rings. The van der Waals surface area contributed by atoms with Gasteiger partial charge in [0, 0.05) is 23.5 Å². The summed E-state index contributed by atoms with van der Waals surface area (Å²) in [7, 11) is 0. The van der Waals surface area contributed by atoms with Crippen molar-refractivity contribution < 1.29 is 34.2 Å². The molecule has 34 heavy (non-hydrogen) atoms. The molecule has 0 saturated heterocycles. The van der Waals surface area contributed by atoms with Gasteiger partial charge in [0.1, 0.15) is 18.1 Å². The molecular formula is C21H28N6O7. The molecule has 4 unspecified atom stereocenters. The number of hydrogen-bond acceptors (Lipinski definition) is 7. The Hall–Kier alpha value is -3.97. The molecule has 4 atom stereocenters. The zero-order chi connectivity index (χ0) is 25.4. The summed E-state index contributed by atoms with van der Waals surface area (Å²) in [4.78, 5) is 62.5. The summed E-state index contributed by atoms with van der Waals surface area (Å²) in [5, 5.41) is 26.4. The zero-order valence-electron chi connectivity index (χ0n) is 18.4. The second-order valence-electron chi connectivity index (χ2n) is 7.74. The molecule has 0 aliphatic heterocycles. The summed E-state index contributed by atoms with van der Waals surface area (Å²) in [5.74, 6) is -4.78. The molecular weight excluding hydrogens is 448 g/mol. The van der Waals surface area contributed by atoms with Crippen molar-refractivity contribution in [2.24, 2.45) is 11.5 Å². The van der Waals surface area contributed by atoms with Gasteiger partial charge in [-0.3, -0.25) is 19.2 Å². The van der Waals surface area contributed by atoms with Gasteiger partial charge in [0.15, 0.2) is 0 Å². The highest BCUT2D eigenvalue weighted by Crippen LogP contribution is 2.19. The van der Waals surface area contributed by atoms with Crippen LogP contribution in [-0.2, 0) is 30.4 Å². The van der Waals surface area contributed by atoms with Crippen molar-refractivity contribution in [1.82, 2.24) is 20.9 Å². The fourth-order valence-electron chi connectivity index (χ4n) is 3.15. The third-order valence-corrected chi connectivity index (χ3v) is 5.02. The number of hydrogen-bond donors (Lipinski definition) is 8. The van der Waals surface area contributed by atoms with E-state index in [4.69, 9.17) is 16.6 Å². The average Bonchev–Trinajstić information content (AvgIpc) is 3.18. The Morgan fingerprint density at radius 2 is 1.74 bits per heavy atom. The van der Waals surface area contributed by atoms with E-state index in [9.17, 15) is 29.1 Å². The van der Waals surface area contributed by atoms with Gasteiger partial charge in [0.05, 0.1) is 19.1 Å². The number of nitrogens with one attached hydrogen (secondary N) is 4. The van der Waals surface area contributed by atoms with Crippen LogP contribution in [0.1, 0.15) is 18.9 Å². The van der Waals surface area contributed by atoms with Gasteiger partial charge >= 0.3 is 5.97 Å². The standard InChI is InChI=1S/C21H28N6O7/c1-10(28)18(23)20(32)27-14(6-11-8-24-13-5-3-2-4-12(11)13)19(31)25-9-17(30)26-15(21(33)34)7-16(22)29/h2-5,8,10,14-15,18,24,28H,6-7,9,23H2,1H3,(H2,22,29)(H,25,31)(H,26,30)(H,27,32)(H,33,34). The Labute approximate surface area is 194 Å². The van der Waals surface area contributed by atoms with Crippen LogP contribution in [0.5, 0.6) is 0 Å². The molecule has 0 bridgehead atoms. The number of fused-ring (bicyclic) bond motifs is 1. The molecule has 13 heteroatoms. The second kappa shape index (κ2) is 11.8. The fraction of sp³-hybridized carbons (Fsp3) is 0.381. The molecule has 184 valence electrons. The van der Waals surface area contributed by atoms with Crippen LogP contribution in [-0.4, -0.2) is 75.6 Å². The number of carbonyl (C=O) groups is 5. The number of carbonyl (C=O) groups excluding carboxylic acids is 4. The molecule has 1 aromatic heterocycles. The predicted octanol–water partition coefficient (Wildman–Crippen LogP) is -2.54. The van der Waals surface area contributed by atoms with Crippen molar-refractivity contribution in [3.63, 3.8) is 0 Å². The van der Waals surface area contributed by atoms with E-state index in [2.05, 4.69) is 20.9 Å². The highest BCUT2D eigenvalue weighted by molar-refractivity contribution is 5.94. The van der Waals surface area contributed by atoms with E-state index in [1.165, 1.54) is 6.92 Å². The SMILES string of the molecule is CC(O)C(N)C(=O)NC(Cc1c[nH]c2ccccc12)C(=O)NCC(=O)NC(CC(N)=O)C(=O)O. The normalized spacial score (nSPS) is 14.4. The third kappa shape index (κ3) is 7.28. The number of benzene rings is 1. The summed E-state index contributed by atoms with van der Waals surface area (Å²) in [6.45, 7) is 0.707. The van der Waals surface area contributed by atoms with Crippen LogP contribution in [0.4, 0.5) is 0 Å². The highest BCUT2D eigenvalue weighted by Gasteiger charge is 2.28. The minimum absolute atomic E-state index is 0.0369. The van der Waals surface area contributed by atoms with Gasteiger partial charge in [0.2, 0.25) is 23.6 Å². The number of aromatic nitrogens is 1. The molecule has 1 aromatic carbocycles. The number of rotatable bonds is 12. The van der Waals surface area contributed by atoms with Gasteiger partial charge in [0.25, 0.3) is 0 Å². The van der Waals surface area contributed by atoms with Crippen molar-refractivity contribution in [1.29, 1.82) is 0 Å². The van der Waals surface area contributed by atoms with Crippen molar-refractivity contribution >= 4 is 40.5 Å². The van der Waals surface area contributed by atoms with Gasteiger partial charge in [-0.25, -0.2) is 4.79 Å². The molecule has 0 spiro atoms. The Bertz CT molecular complexity index is 1070. The zero-order valence-corrected chi connectivity index (χ0v) is 18.4. The number of carboxylic acids is 1. The molecule has 4 amide bonds. The number of nitrogens with two attached hydrogens (primary N) is 2. The molecule has 0 fully saturated rings. The van der Waals surface area contributed by atoms with Crippen molar-refractivity contribution in [3.8, 4) is 0 Å². The van der Waals surface area contributed by atoms with E-state index in [0.717, 1.165) is 10.9 Å². The minimum atomic E-state index is -1.55. The lowest BCUT2D eigenvalue weighted by atomic mass is 10.0. The number of aliphatic hydroxyl groups is 1. The Morgan fingerprint density at radius 1 is 1.06 bits per heavy atom. The molecule has 0 aliphatic carbocycles. The smallest absolute Gasteiger partial charge is 0.326 e. The van der Waals surface area contributed by atoms with Crippen LogP contribution in [0.15, 0.2) is 30.5 Å². The van der Waals surface area contributed by atoms with Crippen LogP contribution < -0.4 is 27.4 Å². The van der Waals surface area contributed by atoms with Gasteiger partial charge < -0.3 is 42.6 Å². The lowest BCUT2D eigenvalue weighted by molar-refractivity contribution is -0.143. The number of H-pyrrole nitrogens is 1. The molecule has 1 heterocycles. The lowest BCUT2D eigenvalue weighted by Gasteiger charge is -2.22. The maximum atomic E-state index is 12.8. The number of aromatic amines is 1. The van der Waals surface area contributed by atoms with Crippen molar-refractivity contribution in [2.75, 3.05) is 6.54 Å². The lowest BCUT2D eigenvalue weighted by Crippen LogP contribution is -2.56. The first-order valence-corrected chi connectivity index (χ1v) is 10.4.